The number of anilines is 1. The monoisotopic (exact) mass is 352 g/mol. The predicted molar refractivity (Wildman–Crippen MR) is 98.0 cm³/mol. The van der Waals surface area contributed by atoms with Crippen molar-refractivity contribution in [1.29, 1.82) is 0 Å². The van der Waals surface area contributed by atoms with E-state index in [1.165, 1.54) is 7.11 Å². The number of carbonyl (C=O) groups is 2. The van der Waals surface area contributed by atoms with Gasteiger partial charge < -0.3 is 19.8 Å². The van der Waals surface area contributed by atoms with Gasteiger partial charge in [-0.15, -0.1) is 0 Å². The average Bonchev–Trinajstić information content (AvgIpc) is 3.03. The fourth-order valence-electron chi connectivity index (χ4n) is 2.55. The molecule has 2 aromatic heterocycles. The molecule has 7 heteroatoms. The molecule has 26 heavy (non-hydrogen) atoms. The van der Waals surface area contributed by atoms with Crippen LogP contribution >= 0.6 is 0 Å². The summed E-state index contributed by atoms with van der Waals surface area (Å²) in [7, 11) is 1.46. The standard InChI is InChI=1S/C19H20N4O3/c1-13-6-7-23-11-16(22-17(23)8-13)19(25)20-10-14-4-3-5-15(9-14)21-18(24)12-26-2/h3-9,11H,10,12H2,1-2H3,(H,20,25)(H,21,24). The van der Waals surface area contributed by atoms with Crippen molar-refractivity contribution in [3.05, 3.63) is 65.6 Å². The van der Waals surface area contributed by atoms with Crippen molar-refractivity contribution in [1.82, 2.24) is 14.7 Å². The quantitative estimate of drug-likeness (QED) is 0.712. The van der Waals surface area contributed by atoms with Gasteiger partial charge in [-0.05, 0) is 42.3 Å². The number of ether oxygens (including phenoxy) is 1. The summed E-state index contributed by atoms with van der Waals surface area (Å²) < 4.78 is 6.60. The predicted octanol–water partition coefficient (Wildman–Crippen LogP) is 2.16. The lowest BCUT2D eigenvalue weighted by atomic mass is 10.2. The molecule has 0 unspecified atom stereocenters. The number of benzene rings is 1. The normalized spacial score (nSPS) is 10.7. The van der Waals surface area contributed by atoms with Gasteiger partial charge in [0.25, 0.3) is 5.91 Å². The Morgan fingerprint density at radius 1 is 1.23 bits per heavy atom. The van der Waals surface area contributed by atoms with Crippen molar-refractivity contribution in [3.8, 4) is 0 Å². The summed E-state index contributed by atoms with van der Waals surface area (Å²) in [5, 5.41) is 5.58. The summed E-state index contributed by atoms with van der Waals surface area (Å²) in [4.78, 5) is 28.3. The molecule has 0 aliphatic heterocycles. The lowest BCUT2D eigenvalue weighted by molar-refractivity contribution is -0.119. The van der Waals surface area contributed by atoms with Crippen LogP contribution in [0.4, 0.5) is 5.69 Å². The Hall–Kier alpha value is -3.19. The summed E-state index contributed by atoms with van der Waals surface area (Å²) in [6.45, 7) is 2.31. The SMILES string of the molecule is COCC(=O)Nc1cccc(CNC(=O)c2cn3ccc(C)cc3n2)c1. The molecule has 1 aromatic carbocycles. The zero-order valence-electron chi connectivity index (χ0n) is 14.7. The van der Waals surface area contributed by atoms with Crippen molar-refractivity contribution in [2.45, 2.75) is 13.5 Å². The van der Waals surface area contributed by atoms with E-state index in [0.29, 0.717) is 17.9 Å². The van der Waals surface area contributed by atoms with Crippen LogP contribution < -0.4 is 10.6 Å². The molecule has 0 fully saturated rings. The molecule has 0 aliphatic carbocycles. The Morgan fingerprint density at radius 3 is 2.88 bits per heavy atom. The first kappa shape index (κ1) is 17.6. The van der Waals surface area contributed by atoms with Crippen LogP contribution in [0.3, 0.4) is 0 Å². The van der Waals surface area contributed by atoms with Gasteiger partial charge in [-0.1, -0.05) is 12.1 Å². The zero-order chi connectivity index (χ0) is 18.5. The Kier molecular flexibility index (Phi) is 5.28. The van der Waals surface area contributed by atoms with Crippen LogP contribution in [0.15, 0.2) is 48.8 Å². The summed E-state index contributed by atoms with van der Waals surface area (Å²) in [6.07, 6.45) is 3.58. The number of amides is 2. The van der Waals surface area contributed by atoms with E-state index in [1.807, 2.05) is 41.8 Å². The Balaban J connectivity index is 1.64. The molecular formula is C19H20N4O3. The van der Waals surface area contributed by atoms with Gasteiger partial charge in [-0.3, -0.25) is 9.59 Å². The smallest absolute Gasteiger partial charge is 0.271 e. The van der Waals surface area contributed by atoms with E-state index < -0.39 is 0 Å². The third-order valence-electron chi connectivity index (χ3n) is 3.79. The summed E-state index contributed by atoms with van der Waals surface area (Å²) in [5.41, 5.74) is 3.70. The fraction of sp³-hybridized carbons (Fsp3) is 0.211. The average molecular weight is 352 g/mol. The van der Waals surface area contributed by atoms with Gasteiger partial charge in [0.05, 0.1) is 0 Å². The van der Waals surface area contributed by atoms with E-state index in [4.69, 9.17) is 4.74 Å². The first-order chi connectivity index (χ1) is 12.5. The van der Waals surface area contributed by atoms with Gasteiger partial charge in [0.1, 0.15) is 17.9 Å². The van der Waals surface area contributed by atoms with Crippen LogP contribution in [0.5, 0.6) is 0 Å². The number of rotatable bonds is 6. The Bertz CT molecular complexity index is 949. The number of aryl methyl sites for hydroxylation is 1. The molecule has 2 heterocycles. The number of nitrogens with zero attached hydrogens (tertiary/aromatic N) is 2. The minimum Gasteiger partial charge on any atom is -0.375 e. The second kappa shape index (κ2) is 7.79. The number of aromatic nitrogens is 2. The third kappa shape index (κ3) is 4.25. The van der Waals surface area contributed by atoms with Gasteiger partial charge in [0.2, 0.25) is 5.91 Å². The van der Waals surface area contributed by atoms with Gasteiger partial charge in [0, 0.05) is 31.7 Å². The van der Waals surface area contributed by atoms with Crippen LogP contribution in [-0.2, 0) is 16.1 Å². The van der Waals surface area contributed by atoms with Crippen molar-refractivity contribution < 1.29 is 14.3 Å². The summed E-state index contributed by atoms with van der Waals surface area (Å²) in [6, 6.07) is 11.2. The molecular weight excluding hydrogens is 332 g/mol. The molecule has 0 radical (unpaired) electrons. The van der Waals surface area contributed by atoms with Crippen molar-refractivity contribution in [3.63, 3.8) is 0 Å². The van der Waals surface area contributed by atoms with E-state index in [2.05, 4.69) is 15.6 Å². The minimum atomic E-state index is -0.250. The second-order valence-electron chi connectivity index (χ2n) is 5.96. The van der Waals surface area contributed by atoms with Crippen molar-refractivity contribution >= 4 is 23.1 Å². The maximum absolute atomic E-state index is 12.3. The molecule has 0 aliphatic rings. The van der Waals surface area contributed by atoms with E-state index in [9.17, 15) is 9.59 Å². The topological polar surface area (TPSA) is 84.7 Å². The number of nitrogens with one attached hydrogen (secondary N) is 2. The highest BCUT2D eigenvalue weighted by Gasteiger charge is 2.11. The zero-order valence-corrected chi connectivity index (χ0v) is 14.7. The number of hydrogen-bond acceptors (Lipinski definition) is 4. The fourth-order valence-corrected chi connectivity index (χ4v) is 2.55. The Morgan fingerprint density at radius 2 is 2.08 bits per heavy atom. The largest absolute Gasteiger partial charge is 0.375 e. The van der Waals surface area contributed by atoms with Gasteiger partial charge >= 0.3 is 0 Å². The molecule has 0 saturated carbocycles. The van der Waals surface area contributed by atoms with Crippen LogP contribution in [0.2, 0.25) is 0 Å². The van der Waals surface area contributed by atoms with Crippen LogP contribution in [-0.4, -0.2) is 34.9 Å². The molecule has 134 valence electrons. The van der Waals surface area contributed by atoms with E-state index in [1.54, 1.807) is 18.3 Å². The van der Waals surface area contributed by atoms with E-state index >= 15 is 0 Å². The molecule has 2 N–H and O–H groups in total. The highest BCUT2D eigenvalue weighted by molar-refractivity contribution is 5.93. The van der Waals surface area contributed by atoms with Crippen LogP contribution in [0.25, 0.3) is 5.65 Å². The van der Waals surface area contributed by atoms with Gasteiger partial charge in [-0.2, -0.15) is 0 Å². The maximum atomic E-state index is 12.3. The number of imidazole rings is 1. The molecule has 0 bridgehead atoms. The van der Waals surface area contributed by atoms with E-state index in [0.717, 1.165) is 16.8 Å². The molecule has 7 nitrogen and oxygen atoms in total. The lowest BCUT2D eigenvalue weighted by Gasteiger charge is -2.08. The molecule has 0 spiro atoms. The number of methoxy groups -OCH3 is 1. The Labute approximate surface area is 151 Å². The van der Waals surface area contributed by atoms with Gasteiger partial charge in [-0.25, -0.2) is 4.98 Å². The highest BCUT2D eigenvalue weighted by Crippen LogP contribution is 2.11. The maximum Gasteiger partial charge on any atom is 0.271 e. The lowest BCUT2D eigenvalue weighted by Crippen LogP contribution is -2.23. The molecule has 2 amide bonds. The van der Waals surface area contributed by atoms with Gasteiger partial charge in [0.15, 0.2) is 0 Å². The van der Waals surface area contributed by atoms with Crippen molar-refractivity contribution in [2.24, 2.45) is 0 Å². The molecule has 0 saturated heterocycles. The van der Waals surface area contributed by atoms with Crippen molar-refractivity contribution in [2.75, 3.05) is 19.0 Å². The highest BCUT2D eigenvalue weighted by atomic mass is 16.5. The number of pyridine rings is 1. The first-order valence-corrected chi connectivity index (χ1v) is 8.16. The van der Waals surface area contributed by atoms with E-state index in [-0.39, 0.29) is 18.4 Å². The third-order valence-corrected chi connectivity index (χ3v) is 3.79. The molecule has 3 aromatic rings. The summed E-state index contributed by atoms with van der Waals surface area (Å²) >= 11 is 0. The molecule has 3 rings (SSSR count). The van der Waals surface area contributed by atoms with Crippen LogP contribution in [0.1, 0.15) is 21.6 Å². The number of carbonyl (C=O) groups excluding carboxylic acids is 2. The molecule has 0 atom stereocenters. The first-order valence-electron chi connectivity index (χ1n) is 8.16. The number of hydrogen-bond donors (Lipinski definition) is 2. The number of fused-ring (bicyclic) bond motifs is 1. The summed E-state index contributed by atoms with van der Waals surface area (Å²) in [5.74, 6) is -0.478. The van der Waals surface area contributed by atoms with Crippen LogP contribution in [0, 0.1) is 6.92 Å². The minimum absolute atomic E-state index is 0.00563. The second-order valence-corrected chi connectivity index (χ2v) is 5.96.